The molecule has 2 amide bonds. The van der Waals surface area contributed by atoms with Crippen molar-refractivity contribution >= 4 is 22.8 Å². The number of fused-ring (bicyclic) bond motifs is 1. The molecule has 0 aliphatic heterocycles. The first kappa shape index (κ1) is 16.6. The Morgan fingerprint density at radius 3 is 2.75 bits per heavy atom. The molecule has 5 nitrogen and oxygen atoms in total. The van der Waals surface area contributed by atoms with Crippen molar-refractivity contribution in [3.05, 3.63) is 36.1 Å². The van der Waals surface area contributed by atoms with Gasteiger partial charge in [-0.3, -0.25) is 9.59 Å². The Hall–Kier alpha value is -2.30. The molecule has 128 valence electrons. The van der Waals surface area contributed by atoms with Gasteiger partial charge in [0.25, 0.3) is 0 Å². The van der Waals surface area contributed by atoms with Crippen LogP contribution in [0.3, 0.4) is 0 Å². The predicted molar refractivity (Wildman–Crippen MR) is 92.7 cm³/mol. The summed E-state index contributed by atoms with van der Waals surface area (Å²) in [4.78, 5) is 24.1. The second-order valence-corrected chi connectivity index (χ2v) is 6.50. The van der Waals surface area contributed by atoms with Gasteiger partial charge >= 0.3 is 0 Å². The lowest BCUT2D eigenvalue weighted by molar-refractivity contribution is -0.123. The summed E-state index contributed by atoms with van der Waals surface area (Å²) in [5.74, 6) is 0.153. The fourth-order valence-electron chi connectivity index (χ4n) is 3.17. The zero-order chi connectivity index (χ0) is 16.9. The zero-order valence-electron chi connectivity index (χ0n) is 14.0. The lowest BCUT2D eigenvalue weighted by Crippen LogP contribution is -2.36. The maximum Gasteiger partial charge on any atom is 0.230 e. The Balaban J connectivity index is 1.46. The van der Waals surface area contributed by atoms with Crippen LogP contribution in [0.15, 0.2) is 34.7 Å². The van der Waals surface area contributed by atoms with Crippen LogP contribution in [0.4, 0.5) is 0 Å². The molecule has 2 aromatic rings. The average Bonchev–Trinajstić information content (AvgIpc) is 3.22. The van der Waals surface area contributed by atoms with E-state index in [1.807, 2.05) is 37.3 Å². The molecule has 1 aliphatic rings. The highest BCUT2D eigenvalue weighted by Gasteiger charge is 2.20. The molecular formula is C19H24N2O3. The van der Waals surface area contributed by atoms with Gasteiger partial charge in [-0.05, 0) is 31.9 Å². The van der Waals surface area contributed by atoms with Gasteiger partial charge in [0, 0.05) is 24.4 Å². The van der Waals surface area contributed by atoms with Crippen LogP contribution in [-0.2, 0) is 9.59 Å². The fraction of sp³-hybridized carbons (Fsp3) is 0.474. The number of nitrogens with one attached hydrogen (secondary N) is 2. The van der Waals surface area contributed by atoms with Gasteiger partial charge in [-0.1, -0.05) is 31.0 Å². The number of amides is 2. The Labute approximate surface area is 141 Å². The molecule has 0 spiro atoms. The summed E-state index contributed by atoms with van der Waals surface area (Å²) in [5.41, 5.74) is 0.781. The molecule has 1 aromatic heterocycles. The molecule has 0 saturated heterocycles. The number of furan rings is 1. The van der Waals surface area contributed by atoms with Crippen molar-refractivity contribution in [2.75, 3.05) is 6.54 Å². The van der Waals surface area contributed by atoms with Crippen LogP contribution >= 0.6 is 0 Å². The number of carbonyl (C=O) groups is 2. The van der Waals surface area contributed by atoms with Gasteiger partial charge in [0.05, 0.1) is 5.92 Å². The van der Waals surface area contributed by atoms with E-state index in [9.17, 15) is 9.59 Å². The fourth-order valence-corrected chi connectivity index (χ4v) is 3.17. The minimum Gasteiger partial charge on any atom is -0.460 e. The van der Waals surface area contributed by atoms with E-state index in [0.29, 0.717) is 24.8 Å². The highest BCUT2D eigenvalue weighted by Crippen LogP contribution is 2.25. The van der Waals surface area contributed by atoms with E-state index >= 15 is 0 Å². The monoisotopic (exact) mass is 328 g/mol. The van der Waals surface area contributed by atoms with E-state index < -0.39 is 0 Å². The van der Waals surface area contributed by atoms with Gasteiger partial charge in [0.2, 0.25) is 11.8 Å². The summed E-state index contributed by atoms with van der Waals surface area (Å²) in [6, 6.07) is 9.91. The lowest BCUT2D eigenvalue weighted by atomic mass is 10.1. The normalized spacial score (nSPS) is 16.2. The molecule has 1 aliphatic carbocycles. The van der Waals surface area contributed by atoms with E-state index in [4.69, 9.17) is 4.42 Å². The SMILES string of the molecule is CC(C(=O)NCCC(=O)NC1CCCC1)c1cc2ccccc2o1. The first-order valence-electron chi connectivity index (χ1n) is 8.69. The van der Waals surface area contributed by atoms with Gasteiger partial charge < -0.3 is 15.1 Å². The molecule has 0 bridgehead atoms. The standard InChI is InChI=1S/C19H24N2O3/c1-13(17-12-14-6-2-5-9-16(14)24-17)19(23)20-11-10-18(22)21-15-7-3-4-8-15/h2,5-6,9,12-13,15H,3-4,7-8,10-11H2,1H3,(H,20,23)(H,21,22). The van der Waals surface area contributed by atoms with Crippen molar-refractivity contribution in [3.8, 4) is 0 Å². The number of rotatable bonds is 6. The third kappa shape index (κ3) is 3.96. The zero-order valence-corrected chi connectivity index (χ0v) is 14.0. The molecular weight excluding hydrogens is 304 g/mol. The van der Waals surface area contributed by atoms with E-state index in [-0.39, 0.29) is 17.7 Å². The van der Waals surface area contributed by atoms with Crippen molar-refractivity contribution in [1.29, 1.82) is 0 Å². The van der Waals surface area contributed by atoms with Crippen LogP contribution in [0.2, 0.25) is 0 Å². The number of carbonyl (C=O) groups excluding carboxylic acids is 2. The smallest absolute Gasteiger partial charge is 0.230 e. The second kappa shape index (κ2) is 7.51. The topological polar surface area (TPSA) is 71.3 Å². The molecule has 1 fully saturated rings. The summed E-state index contributed by atoms with van der Waals surface area (Å²) in [7, 11) is 0. The van der Waals surface area contributed by atoms with Gasteiger partial charge in [-0.2, -0.15) is 0 Å². The van der Waals surface area contributed by atoms with Gasteiger partial charge in [-0.25, -0.2) is 0 Å². The highest BCUT2D eigenvalue weighted by molar-refractivity contribution is 5.86. The lowest BCUT2D eigenvalue weighted by Gasteiger charge is -2.13. The first-order chi connectivity index (χ1) is 11.6. The first-order valence-corrected chi connectivity index (χ1v) is 8.69. The van der Waals surface area contributed by atoms with Crippen LogP contribution < -0.4 is 10.6 Å². The largest absolute Gasteiger partial charge is 0.460 e. The average molecular weight is 328 g/mol. The second-order valence-electron chi connectivity index (χ2n) is 6.50. The molecule has 1 unspecified atom stereocenters. The molecule has 1 aromatic carbocycles. The number of hydrogen-bond donors (Lipinski definition) is 2. The Morgan fingerprint density at radius 1 is 1.25 bits per heavy atom. The minimum atomic E-state index is -0.379. The van der Waals surface area contributed by atoms with Crippen molar-refractivity contribution in [2.45, 2.75) is 51.0 Å². The van der Waals surface area contributed by atoms with E-state index in [1.165, 1.54) is 12.8 Å². The van der Waals surface area contributed by atoms with Crippen LogP contribution in [0, 0.1) is 0 Å². The maximum absolute atomic E-state index is 12.2. The summed E-state index contributed by atoms with van der Waals surface area (Å²) in [5, 5.41) is 6.83. The van der Waals surface area contributed by atoms with Crippen LogP contribution in [0.5, 0.6) is 0 Å². The third-order valence-corrected chi connectivity index (χ3v) is 4.64. The summed E-state index contributed by atoms with van der Waals surface area (Å²) >= 11 is 0. The molecule has 0 radical (unpaired) electrons. The van der Waals surface area contributed by atoms with Crippen LogP contribution in [0.1, 0.15) is 50.7 Å². The van der Waals surface area contributed by atoms with E-state index in [1.54, 1.807) is 0 Å². The molecule has 2 N–H and O–H groups in total. The highest BCUT2D eigenvalue weighted by atomic mass is 16.3. The summed E-state index contributed by atoms with van der Waals surface area (Å²) < 4.78 is 5.73. The Morgan fingerprint density at radius 2 is 2.00 bits per heavy atom. The maximum atomic E-state index is 12.2. The molecule has 1 saturated carbocycles. The molecule has 3 rings (SSSR count). The minimum absolute atomic E-state index is 0.0126. The van der Waals surface area contributed by atoms with E-state index in [0.717, 1.165) is 23.8 Å². The van der Waals surface area contributed by atoms with E-state index in [2.05, 4.69) is 10.6 Å². The Bertz CT molecular complexity index is 683. The molecule has 5 heteroatoms. The quantitative estimate of drug-likeness (QED) is 0.856. The van der Waals surface area contributed by atoms with Crippen molar-refractivity contribution in [2.24, 2.45) is 0 Å². The van der Waals surface area contributed by atoms with Gasteiger partial charge in [0.1, 0.15) is 11.3 Å². The molecule has 24 heavy (non-hydrogen) atoms. The number of hydrogen-bond acceptors (Lipinski definition) is 3. The summed E-state index contributed by atoms with van der Waals surface area (Å²) in [6.45, 7) is 2.16. The van der Waals surface area contributed by atoms with Crippen LogP contribution in [-0.4, -0.2) is 24.4 Å². The van der Waals surface area contributed by atoms with Crippen molar-refractivity contribution in [1.82, 2.24) is 10.6 Å². The third-order valence-electron chi connectivity index (χ3n) is 4.64. The van der Waals surface area contributed by atoms with Gasteiger partial charge in [-0.15, -0.1) is 0 Å². The predicted octanol–water partition coefficient (Wildman–Crippen LogP) is 3.10. The van der Waals surface area contributed by atoms with Crippen LogP contribution in [0.25, 0.3) is 11.0 Å². The van der Waals surface area contributed by atoms with Gasteiger partial charge in [0.15, 0.2) is 0 Å². The van der Waals surface area contributed by atoms with Crippen molar-refractivity contribution in [3.63, 3.8) is 0 Å². The molecule has 1 atom stereocenters. The summed E-state index contributed by atoms with van der Waals surface area (Å²) in [6.07, 6.45) is 4.84. The number of benzene rings is 1. The van der Waals surface area contributed by atoms with Crippen molar-refractivity contribution < 1.29 is 14.0 Å². The number of para-hydroxylation sites is 1. The Kier molecular flexibility index (Phi) is 5.18. The molecule has 1 heterocycles.